The zero-order valence-corrected chi connectivity index (χ0v) is 12.1. The van der Waals surface area contributed by atoms with Crippen LogP contribution in [0.15, 0.2) is 42.7 Å². The molecule has 0 aliphatic carbocycles. The molecule has 1 aliphatic rings. The average Bonchev–Trinajstić information content (AvgIpc) is 3.02. The molecule has 0 atom stereocenters. The average molecular weight is 295 g/mol. The molecule has 0 spiro atoms. The van der Waals surface area contributed by atoms with Crippen molar-refractivity contribution in [3.05, 3.63) is 47.9 Å². The molecule has 0 bridgehead atoms. The smallest absolute Gasteiger partial charge is 0.309 e. The zero-order valence-electron chi connectivity index (χ0n) is 12.1. The minimum atomic E-state index is 0.490. The second kappa shape index (κ2) is 5.31. The second-order valence-corrected chi connectivity index (χ2v) is 5.45. The monoisotopic (exact) mass is 295 g/mol. The van der Waals surface area contributed by atoms with Gasteiger partial charge in [0.25, 0.3) is 0 Å². The summed E-state index contributed by atoms with van der Waals surface area (Å²) in [6.07, 6.45) is 2.91. The van der Waals surface area contributed by atoms with Crippen molar-refractivity contribution in [3.8, 4) is 11.3 Å². The molecule has 2 aromatic heterocycles. The molecule has 3 heterocycles. The lowest BCUT2D eigenvalue weighted by atomic mass is 10.1. The van der Waals surface area contributed by atoms with Gasteiger partial charge in [0.1, 0.15) is 11.9 Å². The van der Waals surface area contributed by atoms with E-state index in [2.05, 4.69) is 44.5 Å². The first kappa shape index (κ1) is 13.1. The SMILES string of the molecule is [O-][n+]1ccnc2cc(-c3ccc(N4CCNCC4)cc3)[nH]c21. The Kier molecular flexibility index (Phi) is 3.16. The summed E-state index contributed by atoms with van der Waals surface area (Å²) in [5, 5.41) is 15.1. The number of hydrogen-bond acceptors (Lipinski definition) is 4. The molecule has 1 aliphatic heterocycles. The number of benzene rings is 1. The number of H-pyrrole nitrogens is 1. The number of nitrogens with zero attached hydrogens (tertiary/aromatic N) is 3. The number of aromatic nitrogens is 3. The van der Waals surface area contributed by atoms with E-state index in [1.54, 1.807) is 0 Å². The number of piperazine rings is 1. The van der Waals surface area contributed by atoms with Crippen LogP contribution in [0.5, 0.6) is 0 Å². The molecular weight excluding hydrogens is 278 g/mol. The first-order chi connectivity index (χ1) is 10.8. The number of aromatic amines is 1. The van der Waals surface area contributed by atoms with E-state index < -0.39 is 0 Å². The van der Waals surface area contributed by atoms with Crippen molar-refractivity contribution in [3.63, 3.8) is 0 Å². The van der Waals surface area contributed by atoms with E-state index in [9.17, 15) is 5.21 Å². The summed E-state index contributed by atoms with van der Waals surface area (Å²) in [7, 11) is 0. The first-order valence-electron chi connectivity index (χ1n) is 7.44. The lowest BCUT2D eigenvalue weighted by molar-refractivity contribution is -0.579. The highest BCUT2D eigenvalue weighted by Gasteiger charge is 2.13. The summed E-state index contributed by atoms with van der Waals surface area (Å²) in [6, 6.07) is 10.3. The molecule has 1 aromatic carbocycles. The van der Waals surface area contributed by atoms with E-state index in [4.69, 9.17) is 0 Å². The first-order valence-corrected chi connectivity index (χ1v) is 7.44. The normalized spacial score (nSPS) is 15.4. The molecule has 4 rings (SSSR count). The molecular formula is C16H17N5O. The molecule has 112 valence electrons. The fourth-order valence-corrected chi connectivity index (χ4v) is 2.88. The van der Waals surface area contributed by atoms with Gasteiger partial charge in [-0.1, -0.05) is 0 Å². The Balaban J connectivity index is 1.65. The van der Waals surface area contributed by atoms with Gasteiger partial charge < -0.3 is 15.4 Å². The third kappa shape index (κ3) is 2.27. The summed E-state index contributed by atoms with van der Waals surface area (Å²) in [5.74, 6) is 0. The second-order valence-electron chi connectivity index (χ2n) is 5.45. The highest BCUT2D eigenvalue weighted by Crippen LogP contribution is 2.24. The van der Waals surface area contributed by atoms with Gasteiger partial charge in [-0.2, -0.15) is 0 Å². The molecule has 0 saturated carbocycles. The van der Waals surface area contributed by atoms with Gasteiger partial charge in [-0.3, -0.25) is 0 Å². The van der Waals surface area contributed by atoms with Crippen LogP contribution >= 0.6 is 0 Å². The number of nitrogens with one attached hydrogen (secondary N) is 2. The summed E-state index contributed by atoms with van der Waals surface area (Å²) in [6.45, 7) is 4.12. The van der Waals surface area contributed by atoms with Crippen LogP contribution in [0.25, 0.3) is 22.4 Å². The molecule has 6 nitrogen and oxygen atoms in total. The van der Waals surface area contributed by atoms with Gasteiger partial charge in [0.2, 0.25) is 0 Å². The molecule has 2 N–H and O–H groups in total. The molecule has 0 amide bonds. The van der Waals surface area contributed by atoms with E-state index in [-0.39, 0.29) is 0 Å². The number of hydrogen-bond donors (Lipinski definition) is 2. The largest absolute Gasteiger partial charge is 0.710 e. The van der Waals surface area contributed by atoms with E-state index >= 15 is 0 Å². The van der Waals surface area contributed by atoms with Gasteiger partial charge in [0, 0.05) is 43.5 Å². The van der Waals surface area contributed by atoms with Gasteiger partial charge >= 0.3 is 5.65 Å². The Morgan fingerprint density at radius 1 is 1.14 bits per heavy atom. The van der Waals surface area contributed by atoms with Crippen LogP contribution in [0.2, 0.25) is 0 Å². The molecule has 6 heteroatoms. The highest BCUT2D eigenvalue weighted by molar-refractivity contribution is 5.78. The Hall–Kier alpha value is -2.60. The molecule has 1 saturated heterocycles. The minimum absolute atomic E-state index is 0.490. The van der Waals surface area contributed by atoms with E-state index in [0.29, 0.717) is 11.2 Å². The Bertz CT molecular complexity index is 790. The summed E-state index contributed by atoms with van der Waals surface area (Å²) >= 11 is 0. The molecule has 3 aromatic rings. The molecule has 1 fully saturated rings. The van der Waals surface area contributed by atoms with Gasteiger partial charge in [-0.05, 0) is 24.3 Å². The Morgan fingerprint density at radius 2 is 1.91 bits per heavy atom. The fraction of sp³-hybridized carbons (Fsp3) is 0.250. The van der Waals surface area contributed by atoms with Crippen LogP contribution in [0.1, 0.15) is 0 Å². The van der Waals surface area contributed by atoms with Crippen molar-refractivity contribution in [2.45, 2.75) is 0 Å². The third-order valence-electron chi connectivity index (χ3n) is 4.07. The minimum Gasteiger partial charge on any atom is -0.710 e. The van der Waals surface area contributed by atoms with Gasteiger partial charge in [0.15, 0.2) is 5.52 Å². The van der Waals surface area contributed by atoms with Crippen molar-refractivity contribution < 1.29 is 4.73 Å². The molecule has 0 unspecified atom stereocenters. The molecule has 22 heavy (non-hydrogen) atoms. The van der Waals surface area contributed by atoms with Crippen molar-refractivity contribution in [2.75, 3.05) is 31.1 Å². The highest BCUT2D eigenvalue weighted by atomic mass is 16.5. The van der Waals surface area contributed by atoms with Gasteiger partial charge in [-0.15, -0.1) is 0 Å². The van der Waals surface area contributed by atoms with Crippen molar-refractivity contribution in [1.29, 1.82) is 0 Å². The van der Waals surface area contributed by atoms with Crippen molar-refractivity contribution in [2.24, 2.45) is 0 Å². The predicted octanol–water partition coefficient (Wildman–Crippen LogP) is 1.27. The maximum Gasteiger partial charge on any atom is 0.309 e. The topological polar surface area (TPSA) is 70.9 Å². The summed E-state index contributed by atoms with van der Waals surface area (Å²) in [5.41, 5.74) is 4.36. The van der Waals surface area contributed by atoms with E-state index in [1.807, 2.05) is 6.07 Å². The van der Waals surface area contributed by atoms with Gasteiger partial charge in [0.05, 0.1) is 6.20 Å². The van der Waals surface area contributed by atoms with E-state index in [1.165, 1.54) is 18.1 Å². The van der Waals surface area contributed by atoms with Crippen LogP contribution in [0.4, 0.5) is 5.69 Å². The van der Waals surface area contributed by atoms with E-state index in [0.717, 1.165) is 42.2 Å². The lowest BCUT2D eigenvalue weighted by Gasteiger charge is -2.29. The maximum atomic E-state index is 11.7. The lowest BCUT2D eigenvalue weighted by Crippen LogP contribution is -2.43. The number of fused-ring (bicyclic) bond motifs is 1. The van der Waals surface area contributed by atoms with Gasteiger partial charge in [-0.25, -0.2) is 14.7 Å². The zero-order chi connectivity index (χ0) is 14.9. The quantitative estimate of drug-likeness (QED) is 0.552. The Labute approximate surface area is 128 Å². The van der Waals surface area contributed by atoms with Crippen LogP contribution in [-0.4, -0.2) is 36.1 Å². The maximum absolute atomic E-state index is 11.7. The summed E-state index contributed by atoms with van der Waals surface area (Å²) < 4.78 is 0.806. The Morgan fingerprint density at radius 3 is 2.64 bits per heavy atom. The van der Waals surface area contributed by atoms with Crippen molar-refractivity contribution in [1.82, 2.24) is 15.3 Å². The van der Waals surface area contributed by atoms with Crippen LogP contribution in [0, 0.1) is 5.21 Å². The molecule has 0 radical (unpaired) electrons. The van der Waals surface area contributed by atoms with Crippen LogP contribution in [-0.2, 0) is 0 Å². The summed E-state index contributed by atoms with van der Waals surface area (Å²) in [4.78, 5) is 9.73. The van der Waals surface area contributed by atoms with Crippen LogP contribution < -0.4 is 14.9 Å². The van der Waals surface area contributed by atoms with Crippen LogP contribution in [0.3, 0.4) is 0 Å². The fourth-order valence-electron chi connectivity index (χ4n) is 2.88. The third-order valence-corrected chi connectivity index (χ3v) is 4.07. The number of rotatable bonds is 2. The number of anilines is 1. The standard InChI is InChI=1S/C16H17N5O/c22-21-10-7-18-15-11-14(19-16(15)21)12-1-3-13(4-2-12)20-8-5-17-6-9-20/h1-4,7,10-11,17,19H,5-6,8-9H2. The predicted molar refractivity (Wildman–Crippen MR) is 85.6 cm³/mol. The van der Waals surface area contributed by atoms with Crippen molar-refractivity contribution >= 4 is 16.9 Å².